The SMILES string of the molecule is COc1ccc([C@H](Cc2c(Cl)c[n+](O)cc2Cl)OC(=O)c2ccc(CN3CC(C(=O)[O-])(c4ccccc4)C3[C@@H]3CCN(C)C3)s2)cc1OC. The van der Waals surface area contributed by atoms with Crippen molar-refractivity contribution in [3.63, 3.8) is 0 Å². The molecule has 2 saturated heterocycles. The number of carboxylic acids is 1. The van der Waals surface area contributed by atoms with E-state index >= 15 is 0 Å². The third kappa shape index (κ3) is 6.95. The number of nitrogens with zero attached hydrogens (tertiary/aromatic N) is 3. The minimum atomic E-state index is -1.11. The van der Waals surface area contributed by atoms with E-state index in [2.05, 4.69) is 16.8 Å². The zero-order valence-electron chi connectivity index (χ0n) is 27.3. The van der Waals surface area contributed by atoms with E-state index in [-0.39, 0.29) is 28.4 Å². The van der Waals surface area contributed by atoms with E-state index in [1.165, 1.54) is 38.0 Å². The Bertz CT molecular complexity index is 1820. The number of pyridine rings is 1. The smallest absolute Gasteiger partial charge is 0.348 e. The lowest BCUT2D eigenvalue weighted by Crippen LogP contribution is -2.75. The van der Waals surface area contributed by atoms with Gasteiger partial charge in [0.25, 0.3) is 0 Å². The maximum atomic E-state index is 13.7. The van der Waals surface area contributed by atoms with Gasteiger partial charge in [-0.15, -0.1) is 11.3 Å². The zero-order valence-corrected chi connectivity index (χ0v) is 29.6. The number of aliphatic carboxylic acids is 1. The average molecular weight is 727 g/mol. The number of carbonyl (C=O) groups excluding carboxylic acids is 2. The highest BCUT2D eigenvalue weighted by molar-refractivity contribution is 7.13. The van der Waals surface area contributed by atoms with E-state index in [4.69, 9.17) is 37.4 Å². The number of carbonyl (C=O) groups is 2. The first kappa shape index (κ1) is 35.0. The lowest BCUT2D eigenvalue weighted by atomic mass is 9.62. The molecule has 2 aliphatic rings. The Morgan fingerprint density at radius 1 is 1.06 bits per heavy atom. The molecule has 1 N–H and O–H groups in total. The predicted octanol–water partition coefficient (Wildman–Crippen LogP) is 4.56. The highest BCUT2D eigenvalue weighted by Crippen LogP contribution is 2.47. The maximum absolute atomic E-state index is 13.7. The Hall–Kier alpha value is -3.87. The van der Waals surface area contributed by atoms with E-state index in [1.54, 1.807) is 24.3 Å². The second-order valence-corrected chi connectivity index (χ2v) is 14.6. The molecule has 2 aromatic carbocycles. The molecule has 10 nitrogen and oxygen atoms in total. The Labute approximate surface area is 298 Å². The molecule has 2 unspecified atom stereocenters. The monoisotopic (exact) mass is 725 g/mol. The molecule has 13 heteroatoms. The van der Waals surface area contributed by atoms with Crippen molar-refractivity contribution in [2.75, 3.05) is 40.9 Å². The van der Waals surface area contributed by atoms with Gasteiger partial charge in [0, 0.05) is 47.3 Å². The maximum Gasteiger partial charge on any atom is 0.348 e. The molecule has 4 atom stereocenters. The van der Waals surface area contributed by atoms with E-state index < -0.39 is 23.5 Å². The van der Waals surface area contributed by atoms with Crippen molar-refractivity contribution in [2.24, 2.45) is 5.92 Å². The quantitative estimate of drug-likeness (QED) is 0.128. The standard InChI is InChI=1S/C36H37Cl2N3O7S/c1-39-14-13-23(17-39)33-36(35(43)44,24-7-5-4-6-8-24)21-40(33)18-25-10-12-32(49-25)34(42)48-30(16-26-27(37)19-41(45)20-28(26)38)22-9-11-29(46-2)31(15-22)47-3/h4-12,15,19-20,23,30,33H,13-14,16-18,21H2,1-3H3,(H-,43,44,45)/t23-,30+,33?,36?/m1/s1. The fraction of sp³-hybridized carbons (Fsp3) is 0.361. The summed E-state index contributed by atoms with van der Waals surface area (Å²) in [6.45, 7) is 2.51. The molecule has 2 aliphatic heterocycles. The molecule has 4 heterocycles. The number of esters is 1. The van der Waals surface area contributed by atoms with Gasteiger partial charge >= 0.3 is 5.97 Å². The van der Waals surface area contributed by atoms with Crippen molar-refractivity contribution in [1.82, 2.24) is 9.80 Å². The van der Waals surface area contributed by atoms with Gasteiger partial charge in [0.1, 0.15) is 21.0 Å². The predicted molar refractivity (Wildman–Crippen MR) is 182 cm³/mol. The number of rotatable bonds is 12. The first-order valence-electron chi connectivity index (χ1n) is 15.8. The summed E-state index contributed by atoms with van der Waals surface area (Å²) in [6, 6.07) is 18.0. The molecule has 0 amide bonds. The minimum absolute atomic E-state index is 0.119. The third-order valence-electron chi connectivity index (χ3n) is 9.59. The molecule has 49 heavy (non-hydrogen) atoms. The molecular formula is C36H37Cl2N3O7S. The van der Waals surface area contributed by atoms with Crippen LogP contribution in [0.4, 0.5) is 0 Å². The van der Waals surface area contributed by atoms with E-state index in [0.717, 1.165) is 34.7 Å². The van der Waals surface area contributed by atoms with E-state index in [0.29, 0.717) is 40.6 Å². The van der Waals surface area contributed by atoms with Crippen molar-refractivity contribution in [3.8, 4) is 11.5 Å². The summed E-state index contributed by atoms with van der Waals surface area (Å²) in [7, 11) is 5.11. The zero-order chi connectivity index (χ0) is 34.9. The highest BCUT2D eigenvalue weighted by Gasteiger charge is 2.58. The molecule has 0 saturated carbocycles. The van der Waals surface area contributed by atoms with E-state index in [1.807, 2.05) is 36.4 Å². The molecule has 0 radical (unpaired) electrons. The molecule has 258 valence electrons. The average Bonchev–Trinajstić information content (AvgIpc) is 3.72. The summed E-state index contributed by atoms with van der Waals surface area (Å²) in [5.41, 5.74) is 0.761. The third-order valence-corrected chi connectivity index (χ3v) is 11.3. The van der Waals surface area contributed by atoms with Crippen molar-refractivity contribution < 1.29 is 38.8 Å². The molecule has 2 fully saturated rings. The van der Waals surface area contributed by atoms with Crippen LogP contribution in [0.15, 0.2) is 73.1 Å². The molecule has 6 rings (SSSR count). The summed E-state index contributed by atoms with van der Waals surface area (Å²) in [4.78, 5) is 32.3. The van der Waals surface area contributed by atoms with Gasteiger partial charge in [0.15, 0.2) is 11.5 Å². The summed E-state index contributed by atoms with van der Waals surface area (Å²) in [5.74, 6) is -0.472. The summed E-state index contributed by atoms with van der Waals surface area (Å²) in [5, 5.41) is 23.2. The number of ether oxygens (including phenoxy) is 3. The van der Waals surface area contributed by atoms with Gasteiger partial charge in [-0.1, -0.05) is 59.6 Å². The highest BCUT2D eigenvalue weighted by atomic mass is 35.5. The van der Waals surface area contributed by atoms with Gasteiger partial charge in [-0.05, 0) is 61.3 Å². The number of thiophene rings is 1. The molecule has 4 aromatic rings. The van der Waals surface area contributed by atoms with Crippen LogP contribution < -0.4 is 19.3 Å². The molecular weight excluding hydrogens is 689 g/mol. The summed E-state index contributed by atoms with van der Waals surface area (Å²) >= 11 is 14.2. The lowest BCUT2D eigenvalue weighted by molar-refractivity contribution is -0.904. The van der Waals surface area contributed by atoms with Gasteiger partial charge < -0.3 is 29.0 Å². The number of hydrogen-bond donors (Lipinski definition) is 1. The largest absolute Gasteiger partial charge is 0.549 e. The Morgan fingerprint density at radius 3 is 2.41 bits per heavy atom. The van der Waals surface area contributed by atoms with Crippen LogP contribution in [-0.2, 0) is 27.9 Å². The van der Waals surface area contributed by atoms with Crippen molar-refractivity contribution >= 4 is 46.5 Å². The fourth-order valence-electron chi connectivity index (χ4n) is 7.25. The summed E-state index contributed by atoms with van der Waals surface area (Å²) in [6.07, 6.45) is 2.81. The molecule has 2 aromatic heterocycles. The molecule has 0 aliphatic carbocycles. The topological polar surface area (TPSA) is 115 Å². The number of halogens is 2. The first-order valence-corrected chi connectivity index (χ1v) is 17.4. The van der Waals surface area contributed by atoms with Crippen LogP contribution in [0.25, 0.3) is 0 Å². The minimum Gasteiger partial charge on any atom is -0.549 e. The van der Waals surface area contributed by atoms with Crippen molar-refractivity contribution in [3.05, 3.63) is 110 Å². The van der Waals surface area contributed by atoms with Crippen LogP contribution >= 0.6 is 34.5 Å². The second kappa shape index (κ2) is 14.5. The normalized spacial score (nSPS) is 21.6. The fourth-order valence-corrected chi connectivity index (χ4v) is 8.78. The van der Waals surface area contributed by atoms with E-state index in [9.17, 15) is 19.9 Å². The van der Waals surface area contributed by atoms with Gasteiger partial charge in [-0.3, -0.25) is 10.1 Å². The van der Waals surface area contributed by atoms with Crippen LogP contribution in [0.1, 0.15) is 43.8 Å². The number of hydrogen-bond acceptors (Lipinski definition) is 10. The van der Waals surface area contributed by atoms with Crippen LogP contribution in [0, 0.1) is 5.92 Å². The van der Waals surface area contributed by atoms with Crippen LogP contribution in [0.5, 0.6) is 11.5 Å². The van der Waals surface area contributed by atoms with Crippen LogP contribution in [-0.4, -0.2) is 73.9 Å². The van der Waals surface area contributed by atoms with Gasteiger partial charge in [0.2, 0.25) is 12.4 Å². The van der Waals surface area contributed by atoms with Crippen molar-refractivity contribution in [2.45, 2.75) is 36.9 Å². The van der Waals surface area contributed by atoms with Gasteiger partial charge in [-0.25, -0.2) is 4.79 Å². The molecule has 0 spiro atoms. The van der Waals surface area contributed by atoms with Crippen LogP contribution in [0.2, 0.25) is 10.0 Å². The first-order chi connectivity index (χ1) is 23.5. The van der Waals surface area contributed by atoms with Gasteiger partial charge in [-0.2, -0.15) is 0 Å². The number of likely N-dealkylation sites (tertiary alicyclic amines) is 2. The number of benzene rings is 2. The lowest BCUT2D eigenvalue weighted by Gasteiger charge is -2.60. The van der Waals surface area contributed by atoms with Gasteiger partial charge in [0.05, 0.1) is 25.6 Å². The number of carboxylic acid groups (broad SMARTS) is 1. The van der Waals surface area contributed by atoms with Crippen molar-refractivity contribution in [1.29, 1.82) is 0 Å². The Balaban J connectivity index is 1.24. The molecule has 0 bridgehead atoms. The Morgan fingerprint density at radius 2 is 1.78 bits per heavy atom. The van der Waals surface area contributed by atoms with Crippen LogP contribution in [0.3, 0.4) is 0 Å². The number of methoxy groups -OCH3 is 2. The number of aromatic nitrogens is 1. The Kier molecular flexibility index (Phi) is 10.4. The summed E-state index contributed by atoms with van der Waals surface area (Å²) < 4.78 is 17.8. The second-order valence-electron chi connectivity index (χ2n) is 12.6.